The molecule has 0 amide bonds. The molecule has 1 aliphatic carbocycles. The van der Waals surface area contributed by atoms with Crippen LogP contribution in [0, 0.1) is 23.2 Å². The Bertz CT molecular complexity index is 284. The van der Waals surface area contributed by atoms with Gasteiger partial charge in [0.05, 0.1) is 6.07 Å². The molecule has 4 fully saturated rings. The van der Waals surface area contributed by atoms with E-state index in [2.05, 4.69) is 16.3 Å². The lowest BCUT2D eigenvalue weighted by molar-refractivity contribution is 0.0365. The lowest BCUT2D eigenvalue weighted by atomic mass is 9.73. The SMILES string of the molecule is N#CC1(NCC2CC2)CN2CCC1CC2. The molecule has 3 aliphatic heterocycles. The second kappa shape index (κ2) is 3.47. The molecular weight excluding hydrogens is 186 g/mol. The van der Waals surface area contributed by atoms with E-state index in [1.165, 1.54) is 38.8 Å². The molecule has 0 spiro atoms. The van der Waals surface area contributed by atoms with E-state index in [4.69, 9.17) is 0 Å². The van der Waals surface area contributed by atoms with Crippen LogP contribution in [0.15, 0.2) is 0 Å². The predicted octanol–water partition coefficient (Wildman–Crippen LogP) is 0.974. The number of fused-ring (bicyclic) bond motifs is 3. The highest BCUT2D eigenvalue weighted by Gasteiger charge is 2.47. The summed E-state index contributed by atoms with van der Waals surface area (Å²) in [5.41, 5.74) is -0.209. The number of hydrogen-bond acceptors (Lipinski definition) is 3. The van der Waals surface area contributed by atoms with Gasteiger partial charge < -0.3 is 4.90 Å². The summed E-state index contributed by atoms with van der Waals surface area (Å²) in [6.07, 6.45) is 5.15. The van der Waals surface area contributed by atoms with Crippen LogP contribution in [0.2, 0.25) is 0 Å². The predicted molar refractivity (Wildman–Crippen MR) is 58.2 cm³/mol. The lowest BCUT2D eigenvalue weighted by Crippen LogP contribution is -2.65. The first-order chi connectivity index (χ1) is 7.32. The zero-order chi connectivity index (χ0) is 10.3. The van der Waals surface area contributed by atoms with Crippen LogP contribution in [0.5, 0.6) is 0 Å². The van der Waals surface area contributed by atoms with Gasteiger partial charge in [0, 0.05) is 6.54 Å². The minimum absolute atomic E-state index is 0.209. The van der Waals surface area contributed by atoms with Gasteiger partial charge in [-0.15, -0.1) is 0 Å². The van der Waals surface area contributed by atoms with Crippen LogP contribution >= 0.6 is 0 Å². The van der Waals surface area contributed by atoms with Crippen LogP contribution in [-0.2, 0) is 0 Å². The van der Waals surface area contributed by atoms with Crippen LogP contribution < -0.4 is 5.32 Å². The fraction of sp³-hybridized carbons (Fsp3) is 0.917. The minimum atomic E-state index is -0.209. The molecule has 0 aromatic carbocycles. The summed E-state index contributed by atoms with van der Waals surface area (Å²) < 4.78 is 0. The molecule has 82 valence electrons. The lowest BCUT2D eigenvalue weighted by Gasteiger charge is -2.50. The van der Waals surface area contributed by atoms with E-state index in [0.717, 1.165) is 19.0 Å². The second-order valence-electron chi connectivity index (χ2n) is 5.46. The van der Waals surface area contributed by atoms with Crippen LogP contribution in [-0.4, -0.2) is 36.6 Å². The van der Waals surface area contributed by atoms with Crippen molar-refractivity contribution >= 4 is 0 Å². The highest BCUT2D eigenvalue weighted by atomic mass is 15.2. The van der Waals surface area contributed by atoms with Crippen molar-refractivity contribution in [2.45, 2.75) is 31.2 Å². The third-order valence-electron chi connectivity index (χ3n) is 4.36. The summed E-state index contributed by atoms with van der Waals surface area (Å²) in [4.78, 5) is 2.45. The fourth-order valence-electron chi connectivity index (χ4n) is 3.08. The molecule has 4 rings (SSSR count). The Labute approximate surface area is 91.4 Å². The van der Waals surface area contributed by atoms with E-state index in [1.807, 2.05) is 0 Å². The Hall–Kier alpha value is -0.590. The normalized spacial score (nSPS) is 43.9. The fourth-order valence-corrected chi connectivity index (χ4v) is 3.08. The number of piperidine rings is 3. The van der Waals surface area contributed by atoms with E-state index in [1.54, 1.807) is 0 Å². The maximum absolute atomic E-state index is 9.46. The number of nitrogens with one attached hydrogen (secondary N) is 1. The molecule has 0 aromatic heterocycles. The first kappa shape index (κ1) is 9.62. The van der Waals surface area contributed by atoms with Gasteiger partial charge >= 0.3 is 0 Å². The third-order valence-corrected chi connectivity index (χ3v) is 4.36. The molecule has 4 aliphatic rings. The summed E-state index contributed by atoms with van der Waals surface area (Å²) in [7, 11) is 0. The van der Waals surface area contributed by atoms with Crippen molar-refractivity contribution in [1.29, 1.82) is 5.26 Å². The monoisotopic (exact) mass is 205 g/mol. The minimum Gasteiger partial charge on any atom is -0.300 e. The smallest absolute Gasteiger partial charge is 0.122 e. The van der Waals surface area contributed by atoms with Gasteiger partial charge in [0.2, 0.25) is 0 Å². The van der Waals surface area contributed by atoms with Gasteiger partial charge in [0.15, 0.2) is 0 Å². The summed E-state index contributed by atoms with van der Waals surface area (Å²) in [5, 5.41) is 13.0. The zero-order valence-corrected chi connectivity index (χ0v) is 9.21. The molecule has 15 heavy (non-hydrogen) atoms. The largest absolute Gasteiger partial charge is 0.300 e. The highest BCUT2D eigenvalue weighted by Crippen LogP contribution is 2.36. The molecule has 3 nitrogen and oxygen atoms in total. The van der Waals surface area contributed by atoms with E-state index >= 15 is 0 Å². The van der Waals surface area contributed by atoms with Crippen LogP contribution in [0.4, 0.5) is 0 Å². The van der Waals surface area contributed by atoms with Gasteiger partial charge in [-0.3, -0.25) is 5.32 Å². The van der Waals surface area contributed by atoms with E-state index in [-0.39, 0.29) is 5.54 Å². The number of nitrogens with zero attached hydrogens (tertiary/aromatic N) is 2. The van der Waals surface area contributed by atoms with Gasteiger partial charge in [-0.1, -0.05) is 0 Å². The first-order valence-electron chi connectivity index (χ1n) is 6.21. The van der Waals surface area contributed by atoms with E-state index < -0.39 is 0 Å². The quantitative estimate of drug-likeness (QED) is 0.746. The maximum Gasteiger partial charge on any atom is 0.122 e. The van der Waals surface area contributed by atoms with Crippen LogP contribution in [0.3, 0.4) is 0 Å². The first-order valence-corrected chi connectivity index (χ1v) is 6.21. The Balaban J connectivity index is 1.70. The summed E-state index contributed by atoms with van der Waals surface area (Å²) in [6.45, 7) is 4.44. The van der Waals surface area contributed by atoms with Gasteiger partial charge in [-0.2, -0.15) is 5.26 Å². The molecule has 2 bridgehead atoms. The maximum atomic E-state index is 9.46. The van der Waals surface area contributed by atoms with Gasteiger partial charge in [-0.25, -0.2) is 0 Å². The molecule has 1 atom stereocenters. The number of nitriles is 1. The number of hydrogen-bond donors (Lipinski definition) is 1. The Morgan fingerprint density at radius 1 is 1.27 bits per heavy atom. The van der Waals surface area contributed by atoms with Crippen molar-refractivity contribution in [2.75, 3.05) is 26.2 Å². The van der Waals surface area contributed by atoms with E-state index in [0.29, 0.717) is 5.92 Å². The van der Waals surface area contributed by atoms with E-state index in [9.17, 15) is 5.26 Å². The highest BCUT2D eigenvalue weighted by molar-refractivity contribution is 5.17. The summed E-state index contributed by atoms with van der Waals surface area (Å²) in [6, 6.07) is 2.58. The average molecular weight is 205 g/mol. The van der Waals surface area contributed by atoms with Crippen LogP contribution in [0.1, 0.15) is 25.7 Å². The Kier molecular flexibility index (Phi) is 2.22. The van der Waals surface area contributed by atoms with Crippen molar-refractivity contribution in [3.8, 4) is 6.07 Å². The second-order valence-corrected chi connectivity index (χ2v) is 5.46. The van der Waals surface area contributed by atoms with Crippen molar-refractivity contribution in [3.63, 3.8) is 0 Å². The number of rotatable bonds is 3. The van der Waals surface area contributed by atoms with Crippen molar-refractivity contribution in [1.82, 2.24) is 10.2 Å². The zero-order valence-electron chi connectivity index (χ0n) is 9.21. The summed E-state index contributed by atoms with van der Waals surface area (Å²) in [5.74, 6) is 1.47. The Morgan fingerprint density at radius 2 is 2.00 bits per heavy atom. The molecule has 1 N–H and O–H groups in total. The van der Waals surface area contributed by atoms with Crippen molar-refractivity contribution in [2.24, 2.45) is 11.8 Å². The van der Waals surface area contributed by atoms with Gasteiger partial charge in [0.1, 0.15) is 5.54 Å². The molecule has 0 radical (unpaired) electrons. The molecule has 3 saturated heterocycles. The topological polar surface area (TPSA) is 39.1 Å². The molecule has 3 heteroatoms. The summed E-state index contributed by atoms with van der Waals surface area (Å²) >= 11 is 0. The van der Waals surface area contributed by atoms with Crippen LogP contribution in [0.25, 0.3) is 0 Å². The molecular formula is C12H19N3. The Morgan fingerprint density at radius 3 is 2.47 bits per heavy atom. The molecule has 1 saturated carbocycles. The average Bonchev–Trinajstić information content (AvgIpc) is 3.12. The third kappa shape index (κ3) is 1.66. The van der Waals surface area contributed by atoms with Crippen molar-refractivity contribution in [3.05, 3.63) is 0 Å². The van der Waals surface area contributed by atoms with Gasteiger partial charge in [-0.05, 0) is 57.2 Å². The van der Waals surface area contributed by atoms with Gasteiger partial charge in [0.25, 0.3) is 0 Å². The molecule has 3 heterocycles. The standard InChI is InChI=1S/C12H19N3/c13-8-12(14-7-10-1-2-10)9-15-5-3-11(12)4-6-15/h10-11,14H,1-7,9H2. The molecule has 0 aromatic rings. The van der Waals surface area contributed by atoms with Crippen molar-refractivity contribution < 1.29 is 0 Å². The molecule has 1 unspecified atom stereocenters.